The second-order valence-electron chi connectivity index (χ2n) is 4.86. The van der Waals surface area contributed by atoms with Crippen LogP contribution in [0.5, 0.6) is 0 Å². The van der Waals surface area contributed by atoms with Crippen molar-refractivity contribution >= 4 is 28.3 Å². The van der Waals surface area contributed by atoms with Gasteiger partial charge in [-0.3, -0.25) is 0 Å². The fraction of sp³-hybridized carbons (Fsp3) is 0.429. The number of aromatic nitrogens is 2. The van der Waals surface area contributed by atoms with Crippen LogP contribution in [-0.2, 0) is 0 Å². The molecule has 2 rings (SSSR count). The fourth-order valence-electron chi connectivity index (χ4n) is 2.04. The highest BCUT2D eigenvalue weighted by Gasteiger charge is 2.12. The normalized spacial score (nSPS) is 12.9. The van der Waals surface area contributed by atoms with Gasteiger partial charge in [0, 0.05) is 17.3 Å². The highest BCUT2D eigenvalue weighted by atomic mass is 35.5. The molecule has 1 aromatic carbocycles. The molecule has 0 amide bonds. The van der Waals surface area contributed by atoms with E-state index in [1.807, 2.05) is 24.3 Å². The Bertz CT molecular complexity index is 508. The molecule has 0 aliphatic carbocycles. The standard InChI is InChI=1S/C14H18ClN3/c1-10(2)7-11(8-15)18-14-12-5-3-4-6-13(12)16-9-17-14/h3-6,9-11H,7-8H2,1-2H3,(H,16,17,18). The quantitative estimate of drug-likeness (QED) is 0.836. The topological polar surface area (TPSA) is 37.8 Å². The molecule has 96 valence electrons. The molecule has 1 atom stereocenters. The van der Waals surface area contributed by atoms with Crippen LogP contribution in [0.2, 0.25) is 0 Å². The smallest absolute Gasteiger partial charge is 0.137 e. The van der Waals surface area contributed by atoms with Gasteiger partial charge in [0.2, 0.25) is 0 Å². The molecular formula is C14H18ClN3. The molecule has 1 N–H and O–H groups in total. The lowest BCUT2D eigenvalue weighted by molar-refractivity contribution is 0.541. The van der Waals surface area contributed by atoms with Crippen LogP contribution in [0.1, 0.15) is 20.3 Å². The van der Waals surface area contributed by atoms with Crippen molar-refractivity contribution in [3.63, 3.8) is 0 Å². The number of nitrogens with zero attached hydrogens (tertiary/aromatic N) is 2. The van der Waals surface area contributed by atoms with E-state index in [0.29, 0.717) is 11.8 Å². The Morgan fingerprint density at radius 3 is 2.72 bits per heavy atom. The van der Waals surface area contributed by atoms with E-state index in [9.17, 15) is 0 Å². The molecule has 0 aliphatic rings. The second-order valence-corrected chi connectivity index (χ2v) is 5.17. The van der Waals surface area contributed by atoms with Gasteiger partial charge in [-0.1, -0.05) is 26.0 Å². The number of hydrogen-bond donors (Lipinski definition) is 1. The van der Waals surface area contributed by atoms with Gasteiger partial charge in [0.1, 0.15) is 12.1 Å². The molecule has 0 radical (unpaired) electrons. The number of para-hydroxylation sites is 1. The Kier molecular flexibility index (Phi) is 4.37. The Morgan fingerprint density at radius 2 is 2.00 bits per heavy atom. The lowest BCUT2D eigenvalue weighted by Gasteiger charge is -2.19. The molecule has 1 aromatic heterocycles. The van der Waals surface area contributed by atoms with Gasteiger partial charge in [0.15, 0.2) is 0 Å². The molecule has 0 saturated carbocycles. The summed E-state index contributed by atoms with van der Waals surface area (Å²) >= 11 is 6.01. The predicted octanol–water partition coefficient (Wildman–Crippen LogP) is 3.70. The maximum Gasteiger partial charge on any atom is 0.137 e. The van der Waals surface area contributed by atoms with E-state index in [2.05, 4.69) is 29.1 Å². The van der Waals surface area contributed by atoms with E-state index < -0.39 is 0 Å². The predicted molar refractivity (Wildman–Crippen MR) is 77.1 cm³/mol. The third-order valence-corrected chi connectivity index (χ3v) is 3.20. The molecular weight excluding hydrogens is 246 g/mol. The molecule has 1 heterocycles. The largest absolute Gasteiger partial charge is 0.366 e. The maximum absolute atomic E-state index is 6.01. The molecule has 0 saturated heterocycles. The van der Waals surface area contributed by atoms with Gasteiger partial charge in [0.05, 0.1) is 5.52 Å². The number of halogens is 1. The highest BCUT2D eigenvalue weighted by Crippen LogP contribution is 2.20. The van der Waals surface area contributed by atoms with Crippen LogP contribution < -0.4 is 5.32 Å². The van der Waals surface area contributed by atoms with Gasteiger partial charge in [-0.25, -0.2) is 9.97 Å². The van der Waals surface area contributed by atoms with Crippen LogP contribution >= 0.6 is 11.6 Å². The van der Waals surface area contributed by atoms with Gasteiger partial charge in [-0.15, -0.1) is 11.6 Å². The van der Waals surface area contributed by atoms with Crippen molar-refractivity contribution in [2.45, 2.75) is 26.3 Å². The molecule has 1 unspecified atom stereocenters. The number of benzene rings is 1. The third kappa shape index (κ3) is 3.10. The van der Waals surface area contributed by atoms with E-state index in [1.165, 1.54) is 0 Å². The van der Waals surface area contributed by atoms with Crippen LogP contribution in [0.15, 0.2) is 30.6 Å². The Labute approximate surface area is 113 Å². The van der Waals surface area contributed by atoms with Gasteiger partial charge < -0.3 is 5.32 Å². The highest BCUT2D eigenvalue weighted by molar-refractivity contribution is 6.18. The summed E-state index contributed by atoms with van der Waals surface area (Å²) in [6, 6.07) is 8.23. The van der Waals surface area contributed by atoms with Crippen molar-refractivity contribution in [2.75, 3.05) is 11.2 Å². The zero-order valence-corrected chi connectivity index (χ0v) is 11.5. The van der Waals surface area contributed by atoms with Gasteiger partial charge in [-0.05, 0) is 24.5 Å². The molecule has 3 nitrogen and oxygen atoms in total. The maximum atomic E-state index is 6.01. The lowest BCUT2D eigenvalue weighted by Crippen LogP contribution is -2.24. The molecule has 18 heavy (non-hydrogen) atoms. The van der Waals surface area contributed by atoms with E-state index >= 15 is 0 Å². The van der Waals surface area contributed by atoms with Crippen molar-refractivity contribution in [1.29, 1.82) is 0 Å². The number of alkyl halides is 1. The van der Waals surface area contributed by atoms with E-state index in [-0.39, 0.29) is 6.04 Å². The number of rotatable bonds is 5. The Morgan fingerprint density at radius 1 is 1.22 bits per heavy atom. The van der Waals surface area contributed by atoms with Crippen molar-refractivity contribution < 1.29 is 0 Å². The first kappa shape index (κ1) is 13.1. The summed E-state index contributed by atoms with van der Waals surface area (Å²) in [5.41, 5.74) is 0.952. The van der Waals surface area contributed by atoms with Crippen LogP contribution in [0, 0.1) is 5.92 Å². The molecule has 4 heteroatoms. The van der Waals surface area contributed by atoms with Gasteiger partial charge in [0.25, 0.3) is 0 Å². The molecule has 0 fully saturated rings. The first-order valence-corrected chi connectivity index (χ1v) is 6.76. The number of nitrogens with one attached hydrogen (secondary N) is 1. The average molecular weight is 264 g/mol. The summed E-state index contributed by atoms with van der Waals surface area (Å²) in [4.78, 5) is 8.57. The minimum atomic E-state index is 0.241. The summed E-state index contributed by atoms with van der Waals surface area (Å²) in [6.07, 6.45) is 2.62. The second kappa shape index (κ2) is 6.01. The monoisotopic (exact) mass is 263 g/mol. The Balaban J connectivity index is 2.25. The average Bonchev–Trinajstić information content (AvgIpc) is 2.38. The summed E-state index contributed by atoms with van der Waals surface area (Å²) in [6.45, 7) is 4.39. The molecule has 0 spiro atoms. The van der Waals surface area contributed by atoms with Crippen molar-refractivity contribution in [1.82, 2.24) is 9.97 Å². The third-order valence-electron chi connectivity index (χ3n) is 2.83. The number of anilines is 1. The Hall–Kier alpha value is -1.35. The first-order valence-electron chi connectivity index (χ1n) is 6.23. The molecule has 0 bridgehead atoms. The summed E-state index contributed by atoms with van der Waals surface area (Å²) in [5.74, 6) is 2.05. The summed E-state index contributed by atoms with van der Waals surface area (Å²) in [7, 11) is 0. The van der Waals surface area contributed by atoms with Gasteiger partial charge in [-0.2, -0.15) is 0 Å². The fourth-order valence-corrected chi connectivity index (χ4v) is 2.25. The van der Waals surface area contributed by atoms with Crippen molar-refractivity contribution in [3.8, 4) is 0 Å². The van der Waals surface area contributed by atoms with E-state index in [1.54, 1.807) is 6.33 Å². The summed E-state index contributed by atoms with van der Waals surface area (Å²) < 4.78 is 0. The SMILES string of the molecule is CC(C)CC(CCl)Nc1ncnc2ccccc12. The summed E-state index contributed by atoms with van der Waals surface area (Å²) in [5, 5.41) is 4.46. The van der Waals surface area contributed by atoms with Gasteiger partial charge >= 0.3 is 0 Å². The van der Waals surface area contributed by atoms with E-state index in [4.69, 9.17) is 11.6 Å². The van der Waals surface area contributed by atoms with Crippen molar-refractivity contribution in [2.24, 2.45) is 5.92 Å². The number of hydrogen-bond acceptors (Lipinski definition) is 3. The van der Waals surface area contributed by atoms with Crippen LogP contribution in [0.25, 0.3) is 10.9 Å². The van der Waals surface area contributed by atoms with Crippen LogP contribution in [-0.4, -0.2) is 21.9 Å². The van der Waals surface area contributed by atoms with Crippen LogP contribution in [0.3, 0.4) is 0 Å². The zero-order chi connectivity index (χ0) is 13.0. The molecule has 2 aromatic rings. The zero-order valence-electron chi connectivity index (χ0n) is 10.7. The van der Waals surface area contributed by atoms with Crippen LogP contribution in [0.4, 0.5) is 5.82 Å². The van der Waals surface area contributed by atoms with Crippen molar-refractivity contribution in [3.05, 3.63) is 30.6 Å². The number of fused-ring (bicyclic) bond motifs is 1. The first-order chi connectivity index (χ1) is 8.70. The van der Waals surface area contributed by atoms with E-state index in [0.717, 1.165) is 23.1 Å². The lowest BCUT2D eigenvalue weighted by atomic mass is 10.1. The minimum Gasteiger partial charge on any atom is -0.366 e. The minimum absolute atomic E-state index is 0.241. The molecule has 0 aliphatic heterocycles.